The van der Waals surface area contributed by atoms with Gasteiger partial charge in [-0.2, -0.15) is 0 Å². The highest BCUT2D eigenvalue weighted by Gasteiger charge is 2.12. The summed E-state index contributed by atoms with van der Waals surface area (Å²) in [6.45, 7) is 0. The van der Waals surface area contributed by atoms with Gasteiger partial charge in [0, 0.05) is 5.56 Å². The summed E-state index contributed by atoms with van der Waals surface area (Å²) < 4.78 is 26.5. The molecule has 0 aliphatic rings. The lowest BCUT2D eigenvalue weighted by atomic mass is 10.1. The van der Waals surface area contributed by atoms with Gasteiger partial charge >= 0.3 is 0 Å². The number of hydrogen-bond donors (Lipinski definition) is 1. The molecule has 0 saturated heterocycles. The molecule has 0 saturated carbocycles. The Bertz CT molecular complexity index is 963. The van der Waals surface area contributed by atoms with Crippen LogP contribution in [0, 0.1) is 11.6 Å². The van der Waals surface area contributed by atoms with Crippen molar-refractivity contribution in [2.45, 2.75) is 5.03 Å². The van der Waals surface area contributed by atoms with Gasteiger partial charge in [-0.05, 0) is 48.5 Å². The van der Waals surface area contributed by atoms with Crippen LogP contribution in [0.15, 0.2) is 65.7 Å². The molecule has 0 aliphatic carbocycles. The minimum absolute atomic E-state index is 0.0948. The van der Waals surface area contributed by atoms with Crippen LogP contribution in [0.4, 0.5) is 14.6 Å². The van der Waals surface area contributed by atoms with E-state index in [1.165, 1.54) is 48.5 Å². The van der Waals surface area contributed by atoms with E-state index in [1.807, 2.05) is 0 Å². The zero-order valence-corrected chi connectivity index (χ0v) is 14.7. The maximum absolute atomic E-state index is 13.6. The van der Waals surface area contributed by atoms with Gasteiger partial charge in [-0.15, -0.1) is 10.2 Å². The Labute approximate surface area is 157 Å². The second kappa shape index (κ2) is 8.50. The van der Waals surface area contributed by atoms with E-state index in [4.69, 9.17) is 0 Å². The minimum Gasteiger partial charge on any atom is -0.305 e. The standard InChI is InChI=1S/C19H13F2N3O2S/c20-13-7-5-12(6-8-13)16(25)11-27-18-10-9-17(23-24-18)22-19(26)14-3-1-2-4-15(14)21/h1-10H,11H2,(H,22,23,26). The number of ketones is 1. The molecule has 0 unspecified atom stereocenters. The number of nitrogens with one attached hydrogen (secondary N) is 1. The molecular formula is C19H13F2N3O2S. The molecule has 2 aromatic carbocycles. The number of aromatic nitrogens is 2. The van der Waals surface area contributed by atoms with Crippen LogP contribution in [-0.2, 0) is 0 Å². The number of nitrogens with zero attached hydrogens (tertiary/aromatic N) is 2. The zero-order valence-electron chi connectivity index (χ0n) is 13.9. The van der Waals surface area contributed by atoms with Gasteiger partial charge in [-0.25, -0.2) is 8.78 Å². The van der Waals surface area contributed by atoms with Gasteiger partial charge in [0.05, 0.1) is 11.3 Å². The molecule has 27 heavy (non-hydrogen) atoms. The number of anilines is 1. The van der Waals surface area contributed by atoms with Crippen LogP contribution in [0.25, 0.3) is 0 Å². The molecule has 1 N–H and O–H groups in total. The topological polar surface area (TPSA) is 72.0 Å². The average Bonchev–Trinajstić information content (AvgIpc) is 2.68. The van der Waals surface area contributed by atoms with Gasteiger partial charge in [0.1, 0.15) is 16.7 Å². The Morgan fingerprint density at radius 3 is 2.33 bits per heavy atom. The smallest absolute Gasteiger partial charge is 0.259 e. The minimum atomic E-state index is -0.630. The summed E-state index contributed by atoms with van der Waals surface area (Å²) in [7, 11) is 0. The Morgan fingerprint density at radius 1 is 0.926 bits per heavy atom. The number of benzene rings is 2. The molecular weight excluding hydrogens is 372 g/mol. The second-order valence-electron chi connectivity index (χ2n) is 5.41. The summed E-state index contributed by atoms with van der Waals surface area (Å²) in [6, 6.07) is 14.0. The van der Waals surface area contributed by atoms with Crippen LogP contribution < -0.4 is 5.32 Å². The first-order valence-electron chi connectivity index (χ1n) is 7.84. The SMILES string of the molecule is O=C(CSc1ccc(NC(=O)c2ccccc2F)nn1)c1ccc(F)cc1. The van der Waals surface area contributed by atoms with Gasteiger partial charge in [0.15, 0.2) is 11.6 Å². The summed E-state index contributed by atoms with van der Waals surface area (Å²) in [5.74, 6) is -1.56. The molecule has 0 fully saturated rings. The molecule has 3 rings (SSSR count). The first kappa shape index (κ1) is 18.7. The molecule has 0 spiro atoms. The molecule has 0 radical (unpaired) electrons. The molecule has 0 bridgehead atoms. The normalized spacial score (nSPS) is 10.4. The Balaban J connectivity index is 1.57. The number of thioether (sulfide) groups is 1. The van der Waals surface area contributed by atoms with E-state index in [2.05, 4.69) is 15.5 Å². The summed E-state index contributed by atoms with van der Waals surface area (Å²) in [4.78, 5) is 24.1. The largest absolute Gasteiger partial charge is 0.305 e. The summed E-state index contributed by atoms with van der Waals surface area (Å²) in [5, 5.41) is 10.7. The Morgan fingerprint density at radius 2 is 1.67 bits per heavy atom. The van der Waals surface area contributed by atoms with Crippen molar-refractivity contribution in [3.05, 3.63) is 83.4 Å². The highest BCUT2D eigenvalue weighted by atomic mass is 32.2. The maximum Gasteiger partial charge on any atom is 0.259 e. The van der Waals surface area contributed by atoms with E-state index >= 15 is 0 Å². The molecule has 1 aromatic heterocycles. The van der Waals surface area contributed by atoms with E-state index in [-0.39, 0.29) is 22.9 Å². The predicted octanol–water partition coefficient (Wildman–Crippen LogP) is 3.98. The van der Waals surface area contributed by atoms with Crippen molar-refractivity contribution in [2.24, 2.45) is 0 Å². The van der Waals surface area contributed by atoms with Crippen molar-refractivity contribution in [3.8, 4) is 0 Å². The van der Waals surface area contributed by atoms with Crippen molar-refractivity contribution in [2.75, 3.05) is 11.1 Å². The number of halogens is 2. The van der Waals surface area contributed by atoms with Crippen molar-refractivity contribution in [1.82, 2.24) is 10.2 Å². The summed E-state index contributed by atoms with van der Waals surface area (Å²) in [6.07, 6.45) is 0. The molecule has 136 valence electrons. The second-order valence-corrected chi connectivity index (χ2v) is 6.41. The third-order valence-electron chi connectivity index (χ3n) is 3.52. The van der Waals surface area contributed by atoms with E-state index in [1.54, 1.807) is 12.1 Å². The van der Waals surface area contributed by atoms with E-state index in [9.17, 15) is 18.4 Å². The average molecular weight is 385 g/mol. The third-order valence-corrected chi connectivity index (χ3v) is 4.44. The van der Waals surface area contributed by atoms with Crippen molar-refractivity contribution in [3.63, 3.8) is 0 Å². The van der Waals surface area contributed by atoms with Crippen LogP contribution in [0.2, 0.25) is 0 Å². The first-order valence-corrected chi connectivity index (χ1v) is 8.82. The number of rotatable bonds is 6. The van der Waals surface area contributed by atoms with Crippen LogP contribution in [0.1, 0.15) is 20.7 Å². The lowest BCUT2D eigenvalue weighted by molar-refractivity contribution is 0.101. The van der Waals surface area contributed by atoms with Crippen molar-refractivity contribution >= 4 is 29.3 Å². The van der Waals surface area contributed by atoms with Crippen molar-refractivity contribution in [1.29, 1.82) is 0 Å². The van der Waals surface area contributed by atoms with Gasteiger partial charge in [-0.1, -0.05) is 23.9 Å². The Kier molecular flexibility index (Phi) is 5.87. The molecule has 0 aliphatic heterocycles. The highest BCUT2D eigenvalue weighted by Crippen LogP contribution is 2.18. The predicted molar refractivity (Wildman–Crippen MR) is 97.8 cm³/mol. The fraction of sp³-hybridized carbons (Fsp3) is 0.0526. The quantitative estimate of drug-likeness (QED) is 0.513. The lowest BCUT2D eigenvalue weighted by Gasteiger charge is -2.05. The molecule has 8 heteroatoms. The Hall–Kier alpha value is -3.13. The number of hydrogen-bond acceptors (Lipinski definition) is 5. The van der Waals surface area contributed by atoms with E-state index in [0.29, 0.717) is 10.6 Å². The molecule has 0 atom stereocenters. The van der Waals surface area contributed by atoms with Gasteiger partial charge in [0.25, 0.3) is 5.91 Å². The first-order chi connectivity index (χ1) is 13.0. The van der Waals surface area contributed by atoms with Crippen LogP contribution in [0.5, 0.6) is 0 Å². The van der Waals surface area contributed by atoms with Gasteiger partial charge in [0.2, 0.25) is 0 Å². The van der Waals surface area contributed by atoms with Crippen LogP contribution in [-0.4, -0.2) is 27.6 Å². The van der Waals surface area contributed by atoms with Gasteiger partial charge in [-0.3, -0.25) is 9.59 Å². The fourth-order valence-electron chi connectivity index (χ4n) is 2.15. The monoisotopic (exact) mass is 385 g/mol. The number of Topliss-reactive ketones (excluding diaryl/α,β-unsaturated/α-hetero) is 1. The lowest BCUT2D eigenvalue weighted by Crippen LogP contribution is -2.15. The van der Waals surface area contributed by atoms with Crippen LogP contribution in [0.3, 0.4) is 0 Å². The molecule has 3 aromatic rings. The van der Waals surface area contributed by atoms with Crippen LogP contribution >= 0.6 is 11.8 Å². The molecule has 1 amide bonds. The summed E-state index contributed by atoms with van der Waals surface area (Å²) in [5.41, 5.74) is 0.313. The molecule has 1 heterocycles. The number of carbonyl (C=O) groups excluding carboxylic acids is 2. The fourth-order valence-corrected chi connectivity index (χ4v) is 2.86. The third kappa shape index (κ3) is 4.95. The zero-order chi connectivity index (χ0) is 19.2. The van der Waals surface area contributed by atoms with E-state index in [0.717, 1.165) is 11.8 Å². The van der Waals surface area contributed by atoms with E-state index < -0.39 is 17.5 Å². The van der Waals surface area contributed by atoms with Gasteiger partial charge < -0.3 is 5.32 Å². The summed E-state index contributed by atoms with van der Waals surface area (Å²) >= 11 is 1.16. The highest BCUT2D eigenvalue weighted by molar-refractivity contribution is 7.99. The number of carbonyl (C=O) groups is 2. The number of amides is 1. The van der Waals surface area contributed by atoms with Crippen molar-refractivity contribution < 1.29 is 18.4 Å². The maximum atomic E-state index is 13.6. The molecule has 5 nitrogen and oxygen atoms in total.